The second-order valence-corrected chi connectivity index (χ2v) is 4.15. The van der Waals surface area contributed by atoms with E-state index in [9.17, 15) is 0 Å². The predicted octanol–water partition coefficient (Wildman–Crippen LogP) is 2.06. The van der Waals surface area contributed by atoms with Gasteiger partial charge in [0, 0.05) is 18.0 Å². The molecule has 0 atom stereocenters. The summed E-state index contributed by atoms with van der Waals surface area (Å²) in [7, 11) is 0. The molecule has 2 aromatic heterocycles. The van der Waals surface area contributed by atoms with E-state index in [-0.39, 0.29) is 0 Å². The summed E-state index contributed by atoms with van der Waals surface area (Å²) < 4.78 is 0. The number of hydrogen-bond acceptors (Lipinski definition) is 5. The molecule has 0 aromatic carbocycles. The maximum Gasteiger partial charge on any atom is 0.133 e. The first-order valence-corrected chi connectivity index (χ1v) is 6.03. The maximum absolute atomic E-state index is 4.41. The molecule has 0 aliphatic rings. The van der Waals surface area contributed by atoms with Crippen molar-refractivity contribution in [3.63, 3.8) is 0 Å². The average molecular weight is 243 g/mol. The highest BCUT2D eigenvalue weighted by molar-refractivity contribution is 5.43. The van der Waals surface area contributed by atoms with Gasteiger partial charge in [0.1, 0.15) is 11.6 Å². The van der Waals surface area contributed by atoms with Gasteiger partial charge in [-0.3, -0.25) is 9.97 Å². The number of nitrogens with one attached hydrogen (secondary N) is 1. The topological polar surface area (TPSA) is 63.6 Å². The minimum absolute atomic E-state index is 0.622. The summed E-state index contributed by atoms with van der Waals surface area (Å²) in [5, 5.41) is 3.29. The standard InChI is InChI=1S/C13H17N5/c1-4-11-6-15-10(3)18-13(11)17-8-12-7-14-9(2)5-16-12/h5-7H,4,8H2,1-3H3,(H,15,17,18). The van der Waals surface area contributed by atoms with Crippen molar-refractivity contribution in [1.82, 2.24) is 19.9 Å². The van der Waals surface area contributed by atoms with Gasteiger partial charge in [0.25, 0.3) is 0 Å². The van der Waals surface area contributed by atoms with E-state index in [2.05, 4.69) is 32.2 Å². The Hall–Kier alpha value is -2.04. The Kier molecular flexibility index (Phi) is 3.82. The molecule has 0 saturated carbocycles. The normalized spacial score (nSPS) is 10.4. The molecule has 5 heteroatoms. The molecule has 0 spiro atoms. The largest absolute Gasteiger partial charge is 0.364 e. The molecule has 94 valence electrons. The van der Waals surface area contributed by atoms with Crippen LogP contribution in [0.1, 0.15) is 29.7 Å². The van der Waals surface area contributed by atoms with Crippen molar-refractivity contribution >= 4 is 5.82 Å². The molecule has 0 aliphatic heterocycles. The highest BCUT2D eigenvalue weighted by Gasteiger charge is 2.04. The van der Waals surface area contributed by atoms with Gasteiger partial charge < -0.3 is 5.32 Å². The fraction of sp³-hybridized carbons (Fsp3) is 0.385. The van der Waals surface area contributed by atoms with Gasteiger partial charge in [-0.25, -0.2) is 9.97 Å². The molecule has 2 heterocycles. The molecule has 0 fully saturated rings. The van der Waals surface area contributed by atoms with E-state index < -0.39 is 0 Å². The SMILES string of the molecule is CCc1cnc(C)nc1NCc1cnc(C)cn1. The van der Waals surface area contributed by atoms with Crippen LogP contribution in [0.3, 0.4) is 0 Å². The molecular formula is C13H17N5. The Morgan fingerprint density at radius 1 is 1.06 bits per heavy atom. The monoisotopic (exact) mass is 243 g/mol. The third kappa shape index (κ3) is 3.00. The molecule has 0 amide bonds. The molecule has 1 N–H and O–H groups in total. The van der Waals surface area contributed by atoms with Gasteiger partial charge in [0.15, 0.2) is 0 Å². The van der Waals surface area contributed by atoms with Crippen LogP contribution in [0, 0.1) is 13.8 Å². The van der Waals surface area contributed by atoms with E-state index in [4.69, 9.17) is 0 Å². The molecule has 2 rings (SSSR count). The van der Waals surface area contributed by atoms with E-state index >= 15 is 0 Å². The molecule has 0 bridgehead atoms. The van der Waals surface area contributed by atoms with Crippen LogP contribution in [0.15, 0.2) is 18.6 Å². The zero-order chi connectivity index (χ0) is 13.0. The molecule has 2 aromatic rings. The van der Waals surface area contributed by atoms with Gasteiger partial charge in [-0.15, -0.1) is 0 Å². The Labute approximate surface area is 107 Å². The van der Waals surface area contributed by atoms with Crippen molar-refractivity contribution in [3.05, 3.63) is 41.4 Å². The molecule has 18 heavy (non-hydrogen) atoms. The minimum Gasteiger partial charge on any atom is -0.364 e. The summed E-state index contributed by atoms with van der Waals surface area (Å²) in [5.41, 5.74) is 2.94. The lowest BCUT2D eigenvalue weighted by Gasteiger charge is -2.09. The molecule has 0 unspecified atom stereocenters. The Morgan fingerprint density at radius 3 is 2.56 bits per heavy atom. The molecule has 0 aliphatic carbocycles. The van der Waals surface area contributed by atoms with Crippen molar-refractivity contribution in [2.45, 2.75) is 33.7 Å². The molecule has 5 nitrogen and oxygen atoms in total. The first-order chi connectivity index (χ1) is 8.69. The van der Waals surface area contributed by atoms with Gasteiger partial charge in [0.05, 0.1) is 24.1 Å². The van der Waals surface area contributed by atoms with Gasteiger partial charge in [-0.1, -0.05) is 6.92 Å². The Morgan fingerprint density at radius 2 is 1.89 bits per heavy atom. The third-order valence-electron chi connectivity index (χ3n) is 2.64. The first-order valence-electron chi connectivity index (χ1n) is 6.03. The number of nitrogens with zero attached hydrogens (tertiary/aromatic N) is 4. The van der Waals surface area contributed by atoms with Crippen LogP contribution >= 0.6 is 0 Å². The van der Waals surface area contributed by atoms with Crippen LogP contribution in [0.4, 0.5) is 5.82 Å². The van der Waals surface area contributed by atoms with Gasteiger partial charge in [-0.05, 0) is 20.3 Å². The summed E-state index contributed by atoms with van der Waals surface area (Å²) in [6.45, 7) is 6.52. The molecular weight excluding hydrogens is 226 g/mol. The molecule has 0 saturated heterocycles. The van der Waals surface area contributed by atoms with E-state index in [0.29, 0.717) is 6.54 Å². The van der Waals surface area contributed by atoms with Gasteiger partial charge in [-0.2, -0.15) is 0 Å². The van der Waals surface area contributed by atoms with Crippen LogP contribution in [0.5, 0.6) is 0 Å². The Balaban J connectivity index is 2.09. The summed E-state index contributed by atoms with van der Waals surface area (Å²) >= 11 is 0. The third-order valence-corrected chi connectivity index (χ3v) is 2.64. The summed E-state index contributed by atoms with van der Waals surface area (Å²) in [4.78, 5) is 17.1. The van der Waals surface area contributed by atoms with E-state index in [1.807, 2.05) is 20.0 Å². The van der Waals surface area contributed by atoms with Crippen LogP contribution in [-0.4, -0.2) is 19.9 Å². The van der Waals surface area contributed by atoms with Crippen LogP contribution in [0.2, 0.25) is 0 Å². The van der Waals surface area contributed by atoms with E-state index in [0.717, 1.165) is 35.0 Å². The summed E-state index contributed by atoms with van der Waals surface area (Å²) in [5.74, 6) is 1.65. The fourth-order valence-corrected chi connectivity index (χ4v) is 1.59. The lowest BCUT2D eigenvalue weighted by atomic mass is 10.2. The number of hydrogen-bond donors (Lipinski definition) is 1. The lowest BCUT2D eigenvalue weighted by molar-refractivity contribution is 0.940. The maximum atomic E-state index is 4.41. The lowest BCUT2D eigenvalue weighted by Crippen LogP contribution is -2.07. The second kappa shape index (κ2) is 5.53. The van der Waals surface area contributed by atoms with E-state index in [1.165, 1.54) is 0 Å². The zero-order valence-electron chi connectivity index (χ0n) is 10.9. The van der Waals surface area contributed by atoms with E-state index in [1.54, 1.807) is 12.4 Å². The number of aryl methyl sites for hydroxylation is 3. The fourth-order valence-electron chi connectivity index (χ4n) is 1.59. The number of rotatable bonds is 4. The van der Waals surface area contributed by atoms with Crippen LogP contribution in [-0.2, 0) is 13.0 Å². The highest BCUT2D eigenvalue weighted by atomic mass is 15.0. The number of anilines is 1. The summed E-state index contributed by atoms with van der Waals surface area (Å²) in [6.07, 6.45) is 6.32. The predicted molar refractivity (Wildman–Crippen MR) is 70.2 cm³/mol. The van der Waals surface area contributed by atoms with Crippen molar-refractivity contribution in [2.75, 3.05) is 5.32 Å². The number of aromatic nitrogens is 4. The van der Waals surface area contributed by atoms with Crippen molar-refractivity contribution < 1.29 is 0 Å². The smallest absolute Gasteiger partial charge is 0.133 e. The van der Waals surface area contributed by atoms with Crippen LogP contribution in [0.25, 0.3) is 0 Å². The van der Waals surface area contributed by atoms with Crippen LogP contribution < -0.4 is 5.32 Å². The van der Waals surface area contributed by atoms with Crippen molar-refractivity contribution in [1.29, 1.82) is 0 Å². The summed E-state index contributed by atoms with van der Waals surface area (Å²) in [6, 6.07) is 0. The minimum atomic E-state index is 0.622. The second-order valence-electron chi connectivity index (χ2n) is 4.15. The Bertz CT molecular complexity index is 521. The van der Waals surface area contributed by atoms with Crippen molar-refractivity contribution in [3.8, 4) is 0 Å². The highest BCUT2D eigenvalue weighted by Crippen LogP contribution is 2.12. The van der Waals surface area contributed by atoms with Gasteiger partial charge in [0.2, 0.25) is 0 Å². The quantitative estimate of drug-likeness (QED) is 0.890. The first kappa shape index (κ1) is 12.4. The van der Waals surface area contributed by atoms with Gasteiger partial charge >= 0.3 is 0 Å². The average Bonchev–Trinajstić information content (AvgIpc) is 2.38. The zero-order valence-corrected chi connectivity index (χ0v) is 10.9. The van der Waals surface area contributed by atoms with Crippen molar-refractivity contribution in [2.24, 2.45) is 0 Å². The molecule has 0 radical (unpaired) electrons.